The molecule has 0 bridgehead atoms. The first-order valence-corrected chi connectivity index (χ1v) is 5.95. The highest BCUT2D eigenvalue weighted by Crippen LogP contribution is 2.26. The molecule has 3 heteroatoms. The van der Waals surface area contributed by atoms with Crippen LogP contribution in [0.5, 0.6) is 0 Å². The van der Waals surface area contributed by atoms with Gasteiger partial charge >= 0.3 is 0 Å². The van der Waals surface area contributed by atoms with Crippen LogP contribution >= 0.6 is 0 Å². The molecule has 0 unspecified atom stereocenters. The van der Waals surface area contributed by atoms with Crippen molar-refractivity contribution in [1.82, 2.24) is 15.1 Å². The average molecular weight is 229 g/mol. The van der Waals surface area contributed by atoms with Gasteiger partial charge in [-0.25, -0.2) is 0 Å². The van der Waals surface area contributed by atoms with Crippen LogP contribution in [0, 0.1) is 6.92 Å². The monoisotopic (exact) mass is 229 g/mol. The Bertz CT molecular complexity index is 500. The average Bonchev–Trinajstić information content (AvgIpc) is 2.69. The molecule has 1 heterocycles. The number of rotatable bonds is 4. The summed E-state index contributed by atoms with van der Waals surface area (Å²) < 4.78 is 1.97. The number of aryl methyl sites for hydroxylation is 2. The maximum absolute atomic E-state index is 4.38. The molecule has 2 aromatic rings. The van der Waals surface area contributed by atoms with Crippen molar-refractivity contribution >= 4 is 0 Å². The van der Waals surface area contributed by atoms with Crippen LogP contribution in [-0.4, -0.2) is 23.4 Å². The zero-order valence-electron chi connectivity index (χ0n) is 10.7. The van der Waals surface area contributed by atoms with Crippen molar-refractivity contribution in [3.8, 4) is 11.3 Å². The predicted molar refractivity (Wildman–Crippen MR) is 71.0 cm³/mol. The molecule has 0 amide bonds. The molecule has 0 aliphatic carbocycles. The molecule has 90 valence electrons. The Morgan fingerprint density at radius 3 is 2.76 bits per heavy atom. The largest absolute Gasteiger partial charge is 0.319 e. The summed E-state index contributed by atoms with van der Waals surface area (Å²) in [6, 6.07) is 8.46. The Morgan fingerprint density at radius 1 is 1.29 bits per heavy atom. The second kappa shape index (κ2) is 5.15. The second-order valence-electron chi connectivity index (χ2n) is 4.31. The van der Waals surface area contributed by atoms with E-state index in [4.69, 9.17) is 0 Å². The molecule has 0 saturated heterocycles. The third kappa shape index (κ3) is 2.39. The van der Waals surface area contributed by atoms with Crippen LogP contribution in [0.3, 0.4) is 0 Å². The lowest BCUT2D eigenvalue weighted by atomic mass is 10.0. The topological polar surface area (TPSA) is 29.9 Å². The Hall–Kier alpha value is -1.61. The minimum absolute atomic E-state index is 0.977. The molecule has 1 aromatic heterocycles. The van der Waals surface area contributed by atoms with E-state index in [-0.39, 0.29) is 0 Å². The number of benzene rings is 1. The molecule has 2 rings (SSSR count). The van der Waals surface area contributed by atoms with Crippen LogP contribution < -0.4 is 5.32 Å². The third-order valence-electron chi connectivity index (χ3n) is 3.06. The highest BCUT2D eigenvalue weighted by molar-refractivity contribution is 5.66. The molecule has 0 aliphatic heterocycles. The van der Waals surface area contributed by atoms with Crippen LogP contribution in [0.25, 0.3) is 11.3 Å². The minimum Gasteiger partial charge on any atom is -0.319 e. The molecular weight excluding hydrogens is 210 g/mol. The summed E-state index contributed by atoms with van der Waals surface area (Å²) >= 11 is 0. The molecule has 0 radical (unpaired) electrons. The van der Waals surface area contributed by atoms with Gasteiger partial charge in [0, 0.05) is 12.6 Å². The van der Waals surface area contributed by atoms with E-state index >= 15 is 0 Å². The van der Waals surface area contributed by atoms with E-state index in [1.54, 1.807) is 0 Å². The summed E-state index contributed by atoms with van der Waals surface area (Å²) in [4.78, 5) is 0. The van der Waals surface area contributed by atoms with Crippen LogP contribution in [-0.2, 0) is 13.5 Å². The van der Waals surface area contributed by atoms with Gasteiger partial charge in [0.2, 0.25) is 0 Å². The molecule has 0 fully saturated rings. The zero-order chi connectivity index (χ0) is 12.3. The van der Waals surface area contributed by atoms with E-state index < -0.39 is 0 Å². The lowest BCUT2D eigenvalue weighted by Crippen LogP contribution is -2.10. The van der Waals surface area contributed by atoms with Crippen LogP contribution in [0.15, 0.2) is 30.5 Å². The molecule has 0 spiro atoms. The summed E-state index contributed by atoms with van der Waals surface area (Å²) in [5.41, 5.74) is 5.11. The summed E-state index contributed by atoms with van der Waals surface area (Å²) in [6.45, 7) is 3.12. The second-order valence-corrected chi connectivity index (χ2v) is 4.31. The summed E-state index contributed by atoms with van der Waals surface area (Å²) in [5, 5.41) is 7.56. The Morgan fingerprint density at radius 2 is 2.06 bits per heavy atom. The van der Waals surface area contributed by atoms with Crippen LogP contribution in [0.1, 0.15) is 11.1 Å². The number of hydrogen-bond acceptors (Lipinski definition) is 2. The Balaban J connectivity index is 2.44. The van der Waals surface area contributed by atoms with Gasteiger partial charge in [-0.2, -0.15) is 5.10 Å². The molecule has 17 heavy (non-hydrogen) atoms. The van der Waals surface area contributed by atoms with Gasteiger partial charge in [-0.1, -0.05) is 24.3 Å². The van der Waals surface area contributed by atoms with Gasteiger partial charge in [0.1, 0.15) is 0 Å². The third-order valence-corrected chi connectivity index (χ3v) is 3.06. The Labute approximate surface area is 102 Å². The lowest BCUT2D eigenvalue weighted by Gasteiger charge is -2.09. The molecule has 3 nitrogen and oxygen atoms in total. The van der Waals surface area contributed by atoms with Crippen molar-refractivity contribution in [3.63, 3.8) is 0 Å². The zero-order valence-corrected chi connectivity index (χ0v) is 10.7. The van der Waals surface area contributed by atoms with Gasteiger partial charge < -0.3 is 5.32 Å². The fourth-order valence-electron chi connectivity index (χ4n) is 2.11. The summed E-state index contributed by atoms with van der Waals surface area (Å²) in [7, 11) is 3.98. The lowest BCUT2D eigenvalue weighted by molar-refractivity contribution is 0.771. The normalized spacial score (nSPS) is 10.8. The number of nitrogens with one attached hydrogen (secondary N) is 1. The standard InChI is InChI=1S/C14H19N3/c1-11-6-4-5-7-13(11)14-12(8-9-15-2)10-16-17(14)3/h4-7,10,15H,8-9H2,1-3H3. The Kier molecular flexibility index (Phi) is 3.59. The van der Waals surface area contributed by atoms with E-state index in [0.29, 0.717) is 0 Å². The number of likely N-dealkylation sites (N-methyl/N-ethyl adjacent to an activating group) is 1. The van der Waals surface area contributed by atoms with E-state index in [1.807, 2.05) is 25.0 Å². The summed E-state index contributed by atoms with van der Waals surface area (Å²) in [5.74, 6) is 0. The van der Waals surface area contributed by atoms with Crippen molar-refractivity contribution in [2.75, 3.05) is 13.6 Å². The van der Waals surface area contributed by atoms with Crippen LogP contribution in [0.4, 0.5) is 0 Å². The fraction of sp³-hybridized carbons (Fsp3) is 0.357. The molecule has 1 N–H and O–H groups in total. The molecule has 1 aromatic carbocycles. The van der Waals surface area contributed by atoms with Crippen molar-refractivity contribution in [2.45, 2.75) is 13.3 Å². The molecular formula is C14H19N3. The number of hydrogen-bond donors (Lipinski definition) is 1. The SMILES string of the molecule is CNCCc1cnn(C)c1-c1ccccc1C. The van der Waals surface area contributed by atoms with E-state index in [9.17, 15) is 0 Å². The first-order valence-electron chi connectivity index (χ1n) is 5.95. The van der Waals surface area contributed by atoms with Crippen LogP contribution in [0.2, 0.25) is 0 Å². The quantitative estimate of drug-likeness (QED) is 0.870. The maximum atomic E-state index is 4.38. The first kappa shape index (κ1) is 11.9. The molecule has 0 saturated carbocycles. The van der Waals surface area contributed by atoms with E-state index in [2.05, 4.69) is 41.6 Å². The summed E-state index contributed by atoms with van der Waals surface area (Å²) in [6.07, 6.45) is 2.98. The minimum atomic E-state index is 0.977. The predicted octanol–water partition coefficient (Wildman–Crippen LogP) is 2.16. The van der Waals surface area contributed by atoms with E-state index in [0.717, 1.165) is 13.0 Å². The van der Waals surface area contributed by atoms with Gasteiger partial charge in [0.25, 0.3) is 0 Å². The highest BCUT2D eigenvalue weighted by atomic mass is 15.3. The van der Waals surface area contributed by atoms with Crippen molar-refractivity contribution < 1.29 is 0 Å². The first-order chi connectivity index (χ1) is 8.24. The highest BCUT2D eigenvalue weighted by Gasteiger charge is 2.11. The van der Waals surface area contributed by atoms with Gasteiger partial charge in [-0.3, -0.25) is 4.68 Å². The maximum Gasteiger partial charge on any atom is 0.0714 e. The van der Waals surface area contributed by atoms with Gasteiger partial charge in [-0.05, 0) is 38.1 Å². The van der Waals surface area contributed by atoms with Gasteiger partial charge in [0.15, 0.2) is 0 Å². The molecule has 0 atom stereocenters. The van der Waals surface area contributed by atoms with Gasteiger partial charge in [0.05, 0.1) is 11.9 Å². The number of aromatic nitrogens is 2. The fourth-order valence-corrected chi connectivity index (χ4v) is 2.11. The van der Waals surface area contributed by atoms with Crippen molar-refractivity contribution in [3.05, 3.63) is 41.6 Å². The van der Waals surface area contributed by atoms with E-state index in [1.165, 1.54) is 22.4 Å². The smallest absolute Gasteiger partial charge is 0.0714 e. The van der Waals surface area contributed by atoms with Crippen molar-refractivity contribution in [2.24, 2.45) is 7.05 Å². The van der Waals surface area contributed by atoms with Gasteiger partial charge in [-0.15, -0.1) is 0 Å². The molecule has 0 aliphatic rings. The number of nitrogens with zero attached hydrogens (tertiary/aromatic N) is 2. The van der Waals surface area contributed by atoms with Crippen molar-refractivity contribution in [1.29, 1.82) is 0 Å².